The molecule has 0 atom stereocenters. The van der Waals surface area contributed by atoms with Crippen LogP contribution in [0.5, 0.6) is 5.88 Å². The molecule has 6 nitrogen and oxygen atoms in total. The Hall–Kier alpha value is -3.45. The van der Waals surface area contributed by atoms with Crippen LogP contribution in [0.4, 0.5) is 0 Å². The van der Waals surface area contributed by atoms with Gasteiger partial charge in [-0.05, 0) is 61.7 Å². The first-order valence-corrected chi connectivity index (χ1v) is 12.3. The average molecular weight is 463 g/mol. The van der Waals surface area contributed by atoms with Crippen molar-refractivity contribution in [3.63, 3.8) is 0 Å². The van der Waals surface area contributed by atoms with E-state index in [1.165, 1.54) is 31.0 Å². The van der Waals surface area contributed by atoms with Gasteiger partial charge < -0.3 is 9.30 Å². The van der Waals surface area contributed by atoms with E-state index in [1.807, 2.05) is 28.8 Å². The molecule has 0 amide bonds. The number of fused-ring (bicyclic) bond motifs is 1. The second kappa shape index (κ2) is 8.83. The predicted molar refractivity (Wildman–Crippen MR) is 129 cm³/mol. The number of nitrogens with zero attached hydrogens (tertiary/aromatic N) is 2. The number of rotatable bonds is 7. The molecule has 0 fully saturated rings. The first-order valence-electron chi connectivity index (χ1n) is 10.6. The van der Waals surface area contributed by atoms with E-state index in [0.717, 1.165) is 27.6 Å². The van der Waals surface area contributed by atoms with Crippen molar-refractivity contribution < 1.29 is 17.9 Å². The Bertz CT molecular complexity index is 1450. The number of para-hydroxylation sites is 1. The number of methoxy groups -OCH3 is 1. The highest BCUT2D eigenvalue weighted by atomic mass is 32.2. The second-order valence-corrected chi connectivity index (χ2v) is 10.2. The molecule has 0 unspecified atom stereocenters. The Kier molecular flexibility index (Phi) is 6.08. The summed E-state index contributed by atoms with van der Waals surface area (Å²) in [5.74, 6) is -1.16. The first kappa shape index (κ1) is 22.7. The minimum Gasteiger partial charge on any atom is -0.480 e. The van der Waals surface area contributed by atoms with Crippen molar-refractivity contribution >= 4 is 26.5 Å². The number of sulfone groups is 1. The highest BCUT2D eigenvalue weighted by Crippen LogP contribution is 2.27. The van der Waals surface area contributed by atoms with E-state index in [4.69, 9.17) is 4.74 Å². The fraction of sp³-hybridized carbons (Fsp3) is 0.231. The Labute approximate surface area is 193 Å². The average Bonchev–Trinajstić information content (AvgIpc) is 3.14. The van der Waals surface area contributed by atoms with Crippen LogP contribution in [-0.4, -0.2) is 36.6 Å². The van der Waals surface area contributed by atoms with Crippen LogP contribution in [0.15, 0.2) is 65.7 Å². The third-order valence-corrected chi connectivity index (χ3v) is 7.46. The molecule has 2 aromatic heterocycles. The van der Waals surface area contributed by atoms with Crippen molar-refractivity contribution in [3.05, 3.63) is 88.7 Å². The summed E-state index contributed by atoms with van der Waals surface area (Å²) in [5.41, 5.74) is 5.82. The summed E-state index contributed by atoms with van der Waals surface area (Å²) >= 11 is 0. The zero-order valence-electron chi connectivity index (χ0n) is 19.1. The number of ketones is 1. The van der Waals surface area contributed by atoms with Gasteiger partial charge in [0.05, 0.1) is 12.8 Å². The van der Waals surface area contributed by atoms with Gasteiger partial charge in [0, 0.05) is 23.6 Å². The highest BCUT2D eigenvalue weighted by Gasteiger charge is 2.27. The maximum absolute atomic E-state index is 13.4. The van der Waals surface area contributed by atoms with Crippen LogP contribution in [0.2, 0.25) is 0 Å². The minimum atomic E-state index is -3.95. The normalized spacial score (nSPS) is 11.6. The molecule has 0 aliphatic heterocycles. The van der Waals surface area contributed by atoms with E-state index in [9.17, 15) is 13.2 Å². The molecular weight excluding hydrogens is 436 g/mol. The Morgan fingerprint density at radius 2 is 1.70 bits per heavy atom. The molecule has 7 heteroatoms. The number of hydrogen-bond acceptors (Lipinski definition) is 5. The second-order valence-electron chi connectivity index (χ2n) is 8.24. The fourth-order valence-corrected chi connectivity index (χ4v) is 5.66. The number of carbonyl (C=O) groups excluding carboxylic acids is 1. The van der Waals surface area contributed by atoms with E-state index in [-0.39, 0.29) is 10.8 Å². The molecule has 4 rings (SSSR count). The van der Waals surface area contributed by atoms with E-state index in [2.05, 4.69) is 37.9 Å². The van der Waals surface area contributed by atoms with Crippen molar-refractivity contribution in [1.82, 2.24) is 9.55 Å². The molecule has 0 spiro atoms. The lowest BCUT2D eigenvalue weighted by atomic mass is 9.99. The zero-order chi connectivity index (χ0) is 23.8. The molecule has 33 heavy (non-hydrogen) atoms. The number of ether oxygens (including phenoxy) is 1. The van der Waals surface area contributed by atoms with Crippen LogP contribution in [0.3, 0.4) is 0 Å². The van der Waals surface area contributed by atoms with Gasteiger partial charge in [-0.3, -0.25) is 4.79 Å². The third-order valence-electron chi connectivity index (χ3n) is 5.84. The van der Waals surface area contributed by atoms with Gasteiger partial charge in [-0.15, -0.1) is 0 Å². The summed E-state index contributed by atoms with van der Waals surface area (Å²) < 4.78 is 33.2. The summed E-state index contributed by atoms with van der Waals surface area (Å²) in [7, 11) is -2.60. The predicted octanol–water partition coefficient (Wildman–Crippen LogP) is 4.68. The Balaban J connectivity index is 1.78. The third kappa shape index (κ3) is 4.41. The van der Waals surface area contributed by atoms with Gasteiger partial charge in [-0.1, -0.05) is 35.9 Å². The van der Waals surface area contributed by atoms with Gasteiger partial charge in [-0.2, -0.15) is 0 Å². The highest BCUT2D eigenvalue weighted by molar-refractivity contribution is 7.92. The van der Waals surface area contributed by atoms with E-state index < -0.39 is 21.4 Å². The van der Waals surface area contributed by atoms with Crippen molar-refractivity contribution in [1.29, 1.82) is 0 Å². The van der Waals surface area contributed by atoms with Crippen molar-refractivity contribution in [2.45, 2.75) is 32.2 Å². The number of aryl methyl sites for hydroxylation is 3. The summed E-state index contributed by atoms with van der Waals surface area (Å²) in [5, 5.41) is 0.889. The van der Waals surface area contributed by atoms with Gasteiger partial charge >= 0.3 is 0 Å². The van der Waals surface area contributed by atoms with Gasteiger partial charge in [0.25, 0.3) is 0 Å². The summed E-state index contributed by atoms with van der Waals surface area (Å²) in [6, 6.07) is 16.6. The number of pyridine rings is 1. The molecule has 0 saturated heterocycles. The number of Topliss-reactive ketones (excluding diaryl/α,β-unsaturated/α-hetero) is 1. The van der Waals surface area contributed by atoms with E-state index >= 15 is 0 Å². The molecule has 0 radical (unpaired) electrons. The lowest BCUT2D eigenvalue weighted by molar-refractivity contribution is 0.101. The van der Waals surface area contributed by atoms with Crippen molar-refractivity contribution in [3.8, 4) is 5.88 Å². The summed E-state index contributed by atoms with van der Waals surface area (Å²) in [6.07, 6.45) is 1.45. The number of aromatic nitrogens is 2. The van der Waals surface area contributed by atoms with Crippen LogP contribution in [0.25, 0.3) is 10.9 Å². The molecular formula is C26H26N2O4S. The molecule has 2 aromatic carbocycles. The van der Waals surface area contributed by atoms with Crippen molar-refractivity contribution in [2.24, 2.45) is 0 Å². The van der Waals surface area contributed by atoms with Crippen LogP contribution in [0.1, 0.15) is 32.7 Å². The SMILES string of the molecule is COc1ncccc1S(=O)(=O)CC(=O)c1cc2ccccc2n1Cc1c(C)cc(C)cc1C. The van der Waals surface area contributed by atoms with Gasteiger partial charge in [0.2, 0.25) is 5.88 Å². The largest absolute Gasteiger partial charge is 0.480 e. The maximum Gasteiger partial charge on any atom is 0.232 e. The van der Waals surface area contributed by atoms with Crippen molar-refractivity contribution in [2.75, 3.05) is 12.9 Å². The van der Waals surface area contributed by atoms with Crippen LogP contribution in [0, 0.1) is 20.8 Å². The number of hydrogen-bond donors (Lipinski definition) is 0. The van der Waals surface area contributed by atoms with Gasteiger partial charge in [0.1, 0.15) is 10.6 Å². The Morgan fingerprint density at radius 1 is 1.00 bits per heavy atom. The van der Waals surface area contributed by atoms with Crippen LogP contribution in [-0.2, 0) is 16.4 Å². The summed E-state index contributed by atoms with van der Waals surface area (Å²) in [4.78, 5) is 17.2. The molecule has 4 aromatic rings. The van der Waals surface area contributed by atoms with Gasteiger partial charge in [0.15, 0.2) is 15.6 Å². The Morgan fingerprint density at radius 3 is 2.39 bits per heavy atom. The smallest absolute Gasteiger partial charge is 0.232 e. The van der Waals surface area contributed by atoms with Crippen LogP contribution >= 0.6 is 0 Å². The topological polar surface area (TPSA) is 78.3 Å². The van der Waals surface area contributed by atoms with Crippen LogP contribution < -0.4 is 4.74 Å². The molecule has 0 aliphatic rings. The molecule has 0 bridgehead atoms. The standard InChI is InChI=1S/C26H26N2O4S/c1-17-12-18(2)21(19(3)13-17)15-28-22-9-6-5-8-20(22)14-23(28)24(29)16-33(30,31)25-10-7-11-27-26(25)32-4/h5-14H,15-16H2,1-4H3. The summed E-state index contributed by atoms with van der Waals surface area (Å²) in [6.45, 7) is 6.65. The molecule has 0 saturated carbocycles. The lowest BCUT2D eigenvalue weighted by Crippen LogP contribution is -2.20. The minimum absolute atomic E-state index is 0.0169. The zero-order valence-corrected chi connectivity index (χ0v) is 19.9. The van der Waals surface area contributed by atoms with Gasteiger partial charge in [-0.25, -0.2) is 13.4 Å². The molecule has 0 aliphatic carbocycles. The lowest BCUT2D eigenvalue weighted by Gasteiger charge is -2.16. The maximum atomic E-state index is 13.4. The molecule has 170 valence electrons. The molecule has 0 N–H and O–H groups in total. The first-order chi connectivity index (χ1) is 15.7. The van der Waals surface area contributed by atoms with E-state index in [0.29, 0.717) is 12.2 Å². The monoisotopic (exact) mass is 462 g/mol. The number of benzene rings is 2. The fourth-order valence-electron chi connectivity index (χ4n) is 4.32. The van der Waals surface area contributed by atoms with E-state index in [1.54, 1.807) is 6.07 Å². The molecule has 2 heterocycles. The quantitative estimate of drug-likeness (QED) is 0.373. The number of carbonyl (C=O) groups is 1.